The molecular formula is C13H21ClN2O. The first-order valence-corrected chi connectivity index (χ1v) is 6.80. The van der Waals surface area contributed by atoms with Gasteiger partial charge in [0.1, 0.15) is 5.60 Å². The summed E-state index contributed by atoms with van der Waals surface area (Å²) in [4.78, 5) is 0. The lowest BCUT2D eigenvalue weighted by Gasteiger charge is -2.39. The quantitative estimate of drug-likeness (QED) is 0.883. The normalized spacial score (nSPS) is 33.9. The Balaban J connectivity index is 2.34. The summed E-state index contributed by atoms with van der Waals surface area (Å²) in [7, 11) is 0. The van der Waals surface area contributed by atoms with Gasteiger partial charge in [-0.2, -0.15) is 5.10 Å². The average molecular weight is 257 g/mol. The van der Waals surface area contributed by atoms with E-state index < -0.39 is 5.60 Å². The smallest absolute Gasteiger partial charge is 0.108 e. The third kappa shape index (κ3) is 2.23. The van der Waals surface area contributed by atoms with Crippen molar-refractivity contribution in [1.82, 2.24) is 9.78 Å². The minimum Gasteiger partial charge on any atom is -0.384 e. The summed E-state index contributed by atoms with van der Waals surface area (Å²) in [5.41, 5.74) is 0.00983. The molecule has 0 spiro atoms. The molecule has 0 saturated heterocycles. The van der Waals surface area contributed by atoms with Gasteiger partial charge in [0.05, 0.1) is 16.9 Å². The van der Waals surface area contributed by atoms with Crippen LogP contribution in [0.5, 0.6) is 0 Å². The summed E-state index contributed by atoms with van der Waals surface area (Å²) < 4.78 is 1.82. The SMILES string of the molecule is CCn1ncc(Cl)c1C1(O)CCC(C)C(C)C1. The van der Waals surface area contributed by atoms with Crippen LogP contribution in [0.1, 0.15) is 45.7 Å². The Hall–Kier alpha value is -0.540. The van der Waals surface area contributed by atoms with Crippen LogP contribution < -0.4 is 0 Å². The van der Waals surface area contributed by atoms with Gasteiger partial charge in [0.15, 0.2) is 0 Å². The molecule has 1 saturated carbocycles. The number of rotatable bonds is 2. The molecule has 2 rings (SSSR count). The van der Waals surface area contributed by atoms with Crippen molar-refractivity contribution in [3.05, 3.63) is 16.9 Å². The summed E-state index contributed by atoms with van der Waals surface area (Å²) in [6, 6.07) is 0. The van der Waals surface area contributed by atoms with E-state index >= 15 is 0 Å². The van der Waals surface area contributed by atoms with Gasteiger partial charge in [-0.1, -0.05) is 25.4 Å². The van der Waals surface area contributed by atoms with Gasteiger partial charge in [-0.05, 0) is 38.0 Å². The summed E-state index contributed by atoms with van der Waals surface area (Å²) in [5.74, 6) is 1.19. The zero-order valence-electron chi connectivity index (χ0n) is 10.8. The number of aliphatic hydroxyl groups is 1. The van der Waals surface area contributed by atoms with Crippen LogP contribution in [0.25, 0.3) is 0 Å². The molecule has 96 valence electrons. The van der Waals surface area contributed by atoms with Crippen LogP contribution >= 0.6 is 11.6 Å². The molecule has 0 aromatic carbocycles. The molecule has 3 nitrogen and oxygen atoms in total. The fraction of sp³-hybridized carbons (Fsp3) is 0.769. The van der Waals surface area contributed by atoms with E-state index in [0.29, 0.717) is 16.9 Å². The second-order valence-corrected chi connectivity index (χ2v) is 5.79. The minimum absolute atomic E-state index is 0.519. The lowest BCUT2D eigenvalue weighted by atomic mass is 9.72. The highest BCUT2D eigenvalue weighted by Gasteiger charge is 2.40. The second-order valence-electron chi connectivity index (χ2n) is 5.39. The van der Waals surface area contributed by atoms with E-state index in [9.17, 15) is 5.11 Å². The Labute approximate surface area is 108 Å². The fourth-order valence-corrected chi connectivity index (χ4v) is 3.18. The summed E-state index contributed by atoms with van der Waals surface area (Å²) >= 11 is 6.19. The van der Waals surface area contributed by atoms with E-state index in [0.717, 1.165) is 31.5 Å². The summed E-state index contributed by atoms with van der Waals surface area (Å²) in [6.07, 6.45) is 4.24. The highest BCUT2D eigenvalue weighted by molar-refractivity contribution is 6.31. The third-order valence-corrected chi connectivity index (χ3v) is 4.46. The minimum atomic E-state index is -0.796. The van der Waals surface area contributed by atoms with Crippen molar-refractivity contribution in [3.8, 4) is 0 Å². The molecule has 4 heteroatoms. The first kappa shape index (κ1) is 12.9. The third-order valence-electron chi connectivity index (χ3n) is 4.18. The van der Waals surface area contributed by atoms with Crippen molar-refractivity contribution in [2.75, 3.05) is 0 Å². The molecule has 1 aliphatic carbocycles. The van der Waals surface area contributed by atoms with Crippen LogP contribution in [0.15, 0.2) is 6.20 Å². The van der Waals surface area contributed by atoms with E-state index in [-0.39, 0.29) is 0 Å². The molecule has 3 unspecified atom stereocenters. The molecule has 0 bridgehead atoms. The van der Waals surface area contributed by atoms with Crippen LogP contribution in [-0.2, 0) is 12.1 Å². The lowest BCUT2D eigenvalue weighted by molar-refractivity contribution is -0.0402. The van der Waals surface area contributed by atoms with Gasteiger partial charge in [0.25, 0.3) is 0 Å². The topological polar surface area (TPSA) is 38.0 Å². The Morgan fingerprint density at radius 1 is 1.53 bits per heavy atom. The van der Waals surface area contributed by atoms with Crippen molar-refractivity contribution >= 4 is 11.6 Å². The zero-order valence-corrected chi connectivity index (χ0v) is 11.5. The van der Waals surface area contributed by atoms with Gasteiger partial charge < -0.3 is 5.11 Å². The molecule has 1 aromatic heterocycles. The predicted molar refractivity (Wildman–Crippen MR) is 69.0 cm³/mol. The molecule has 1 N–H and O–H groups in total. The maximum Gasteiger partial charge on any atom is 0.108 e. The Morgan fingerprint density at radius 3 is 2.82 bits per heavy atom. The highest BCUT2D eigenvalue weighted by atomic mass is 35.5. The number of nitrogens with zero attached hydrogens (tertiary/aromatic N) is 2. The highest BCUT2D eigenvalue weighted by Crippen LogP contribution is 2.44. The Bertz CT molecular complexity index is 404. The number of hydrogen-bond donors (Lipinski definition) is 1. The number of halogens is 1. The summed E-state index contributed by atoms with van der Waals surface area (Å²) in [6.45, 7) is 7.22. The number of aryl methyl sites for hydroxylation is 1. The van der Waals surface area contributed by atoms with Gasteiger partial charge in [-0.15, -0.1) is 0 Å². The van der Waals surface area contributed by atoms with Crippen molar-refractivity contribution in [1.29, 1.82) is 0 Å². The van der Waals surface area contributed by atoms with Crippen LogP contribution in [0.3, 0.4) is 0 Å². The van der Waals surface area contributed by atoms with Crippen molar-refractivity contribution < 1.29 is 5.11 Å². The van der Waals surface area contributed by atoms with Crippen molar-refractivity contribution in [2.24, 2.45) is 11.8 Å². The molecular weight excluding hydrogens is 236 g/mol. The van der Waals surface area contributed by atoms with Crippen molar-refractivity contribution in [2.45, 2.75) is 52.2 Å². The largest absolute Gasteiger partial charge is 0.384 e. The van der Waals surface area contributed by atoms with Gasteiger partial charge in [0.2, 0.25) is 0 Å². The van der Waals surface area contributed by atoms with Gasteiger partial charge in [-0.3, -0.25) is 4.68 Å². The van der Waals surface area contributed by atoms with Crippen LogP contribution in [0, 0.1) is 11.8 Å². The van der Waals surface area contributed by atoms with Crippen LogP contribution in [0.2, 0.25) is 5.02 Å². The van der Waals surface area contributed by atoms with E-state index in [1.165, 1.54) is 0 Å². The second kappa shape index (κ2) is 4.62. The van der Waals surface area contributed by atoms with E-state index in [2.05, 4.69) is 18.9 Å². The Morgan fingerprint density at radius 2 is 2.24 bits per heavy atom. The first-order chi connectivity index (χ1) is 7.98. The van der Waals surface area contributed by atoms with Gasteiger partial charge >= 0.3 is 0 Å². The molecule has 17 heavy (non-hydrogen) atoms. The molecule has 1 aromatic rings. The molecule has 1 aliphatic rings. The lowest BCUT2D eigenvalue weighted by Crippen LogP contribution is -2.37. The molecule has 1 fully saturated rings. The standard InChI is InChI=1S/C13H21ClN2O/c1-4-16-12(11(14)8-15-16)13(17)6-5-9(2)10(3)7-13/h8-10,17H,4-7H2,1-3H3. The molecule has 3 atom stereocenters. The Kier molecular flexibility index (Phi) is 3.50. The molecule has 0 aliphatic heterocycles. The molecule has 0 radical (unpaired) electrons. The number of aromatic nitrogens is 2. The maximum atomic E-state index is 10.9. The monoisotopic (exact) mass is 256 g/mol. The zero-order chi connectivity index (χ0) is 12.6. The van der Waals surface area contributed by atoms with E-state index in [1.807, 2.05) is 11.6 Å². The average Bonchev–Trinajstić information content (AvgIpc) is 2.66. The van der Waals surface area contributed by atoms with Crippen LogP contribution in [-0.4, -0.2) is 14.9 Å². The molecule has 0 amide bonds. The first-order valence-electron chi connectivity index (χ1n) is 6.42. The van der Waals surface area contributed by atoms with Crippen molar-refractivity contribution in [3.63, 3.8) is 0 Å². The van der Waals surface area contributed by atoms with Crippen LogP contribution in [0.4, 0.5) is 0 Å². The van der Waals surface area contributed by atoms with Gasteiger partial charge in [-0.25, -0.2) is 0 Å². The van der Waals surface area contributed by atoms with E-state index in [1.54, 1.807) is 6.20 Å². The molecule has 1 heterocycles. The van der Waals surface area contributed by atoms with E-state index in [4.69, 9.17) is 11.6 Å². The predicted octanol–water partition coefficient (Wildman–Crippen LogP) is 3.20. The maximum absolute atomic E-state index is 10.9. The summed E-state index contributed by atoms with van der Waals surface area (Å²) in [5, 5.41) is 15.7. The fourth-order valence-electron chi connectivity index (χ4n) is 2.87. The van der Waals surface area contributed by atoms with Gasteiger partial charge in [0, 0.05) is 6.54 Å². The number of hydrogen-bond acceptors (Lipinski definition) is 2.